The van der Waals surface area contributed by atoms with Crippen molar-refractivity contribution in [3.05, 3.63) is 24.8 Å². The van der Waals surface area contributed by atoms with Crippen LogP contribution in [0.1, 0.15) is 0 Å². The Morgan fingerprint density at radius 3 is 2.58 bits per heavy atom. The van der Waals surface area contributed by atoms with Gasteiger partial charge in [-0.2, -0.15) is 4.89 Å². The number of carboxylic acids is 1. The van der Waals surface area contributed by atoms with Crippen molar-refractivity contribution in [1.82, 2.24) is 0 Å². The number of hydrogen-bond acceptors (Lipinski definition) is 4. The summed E-state index contributed by atoms with van der Waals surface area (Å²) in [5.74, 6) is -2.10. The third-order valence-corrected chi connectivity index (χ3v) is 0.689. The zero-order valence-corrected chi connectivity index (χ0v) is 6.23. The predicted molar refractivity (Wildman–Crippen MR) is 39.0 cm³/mol. The molecule has 0 aliphatic heterocycles. The van der Waals surface area contributed by atoms with Crippen LogP contribution in [0.15, 0.2) is 24.8 Å². The van der Waals surface area contributed by atoms with Crippen LogP contribution in [0.25, 0.3) is 0 Å². The highest BCUT2D eigenvalue weighted by molar-refractivity contribution is 5.90. The molecule has 0 atom stereocenters. The topological polar surface area (TPSA) is 72.8 Å². The number of carbonyl (C=O) groups excluding carboxylic acids is 1. The van der Waals surface area contributed by atoms with Gasteiger partial charge >= 0.3 is 11.9 Å². The summed E-state index contributed by atoms with van der Waals surface area (Å²) in [5.41, 5.74) is 0. The molecule has 0 aromatic rings. The molecule has 0 aromatic carbocycles. The van der Waals surface area contributed by atoms with Crippen molar-refractivity contribution in [3.63, 3.8) is 0 Å². The van der Waals surface area contributed by atoms with Crippen LogP contribution in [0.2, 0.25) is 0 Å². The summed E-state index contributed by atoms with van der Waals surface area (Å²) >= 11 is 0. The first-order valence-electron chi connectivity index (χ1n) is 3.02. The molecule has 0 spiro atoms. The van der Waals surface area contributed by atoms with Gasteiger partial charge in [-0.15, -0.1) is 6.58 Å². The highest BCUT2D eigenvalue weighted by atomic mass is 17.2. The van der Waals surface area contributed by atoms with E-state index >= 15 is 0 Å². The van der Waals surface area contributed by atoms with Gasteiger partial charge in [-0.05, 0) is 0 Å². The van der Waals surface area contributed by atoms with Gasteiger partial charge in [0.1, 0.15) is 6.61 Å². The highest BCUT2D eigenvalue weighted by Crippen LogP contribution is 1.84. The lowest BCUT2D eigenvalue weighted by Gasteiger charge is -1.95. The average molecular weight is 172 g/mol. The standard InChI is InChI=1S/C7H8O5/c1-2-5-11-12-7(10)4-3-6(8)9/h2-4H,1,5H2,(H,8,9). The fourth-order valence-corrected chi connectivity index (χ4v) is 0.307. The summed E-state index contributed by atoms with van der Waals surface area (Å²) in [5, 5.41) is 8.08. The highest BCUT2D eigenvalue weighted by Gasteiger charge is 1.97. The molecule has 1 N–H and O–H groups in total. The summed E-state index contributed by atoms with van der Waals surface area (Å²) < 4.78 is 0. The van der Waals surface area contributed by atoms with E-state index in [-0.39, 0.29) is 6.61 Å². The Morgan fingerprint density at radius 1 is 1.42 bits per heavy atom. The fraction of sp³-hybridized carbons (Fsp3) is 0.143. The zero-order valence-electron chi connectivity index (χ0n) is 6.23. The van der Waals surface area contributed by atoms with E-state index in [1.54, 1.807) is 0 Å². The molecule has 0 bridgehead atoms. The Morgan fingerprint density at radius 2 is 2.08 bits per heavy atom. The van der Waals surface area contributed by atoms with E-state index in [4.69, 9.17) is 5.11 Å². The summed E-state index contributed by atoms with van der Waals surface area (Å²) in [6.07, 6.45) is 2.78. The largest absolute Gasteiger partial charge is 0.478 e. The molecule has 0 fully saturated rings. The summed E-state index contributed by atoms with van der Waals surface area (Å²) in [6, 6.07) is 0. The maximum Gasteiger partial charge on any atom is 0.366 e. The minimum Gasteiger partial charge on any atom is -0.478 e. The van der Waals surface area contributed by atoms with E-state index in [9.17, 15) is 9.59 Å². The SMILES string of the molecule is C=CCOOC(=O)C=CC(=O)O. The predicted octanol–water partition coefficient (Wildman–Crippen LogP) is 0.288. The van der Waals surface area contributed by atoms with Crippen molar-refractivity contribution >= 4 is 11.9 Å². The minimum absolute atomic E-state index is 0.0622. The monoisotopic (exact) mass is 172 g/mol. The lowest BCUT2D eigenvalue weighted by Crippen LogP contribution is -2.02. The van der Waals surface area contributed by atoms with E-state index in [0.717, 1.165) is 6.08 Å². The van der Waals surface area contributed by atoms with E-state index in [1.165, 1.54) is 6.08 Å². The van der Waals surface area contributed by atoms with E-state index in [2.05, 4.69) is 16.4 Å². The molecule has 0 saturated carbocycles. The maximum atomic E-state index is 10.5. The average Bonchev–Trinajstić information content (AvgIpc) is 2.01. The number of aliphatic carboxylic acids is 1. The molecule has 5 nitrogen and oxygen atoms in total. The Hall–Kier alpha value is -1.62. The van der Waals surface area contributed by atoms with Crippen molar-refractivity contribution in [1.29, 1.82) is 0 Å². The van der Waals surface area contributed by atoms with Gasteiger partial charge in [0, 0.05) is 12.2 Å². The second-order valence-electron chi connectivity index (χ2n) is 1.65. The molecule has 0 rings (SSSR count). The molecule has 0 heterocycles. The quantitative estimate of drug-likeness (QED) is 0.212. The molecule has 0 aliphatic rings. The summed E-state index contributed by atoms with van der Waals surface area (Å²) in [6.45, 7) is 3.37. The minimum atomic E-state index is -1.23. The van der Waals surface area contributed by atoms with Gasteiger partial charge < -0.3 is 5.11 Å². The normalized spacial score (nSPS) is 9.67. The van der Waals surface area contributed by atoms with Crippen LogP contribution >= 0.6 is 0 Å². The number of rotatable bonds is 5. The van der Waals surface area contributed by atoms with Crippen molar-refractivity contribution in [2.24, 2.45) is 0 Å². The van der Waals surface area contributed by atoms with E-state index in [1.807, 2.05) is 0 Å². The second-order valence-corrected chi connectivity index (χ2v) is 1.65. The summed E-state index contributed by atoms with van der Waals surface area (Å²) in [7, 11) is 0. The molecular weight excluding hydrogens is 164 g/mol. The molecule has 12 heavy (non-hydrogen) atoms. The molecular formula is C7H8O5. The van der Waals surface area contributed by atoms with E-state index < -0.39 is 11.9 Å². The molecule has 0 unspecified atom stereocenters. The molecule has 5 heteroatoms. The molecule has 0 aliphatic carbocycles. The van der Waals surface area contributed by atoms with Gasteiger partial charge in [0.05, 0.1) is 0 Å². The Kier molecular flexibility index (Phi) is 5.29. The van der Waals surface area contributed by atoms with Gasteiger partial charge in [0.25, 0.3) is 0 Å². The molecule has 0 aromatic heterocycles. The van der Waals surface area contributed by atoms with Crippen LogP contribution in [-0.2, 0) is 19.4 Å². The lowest BCUT2D eigenvalue weighted by molar-refractivity contribution is -0.260. The number of carboxylic acid groups (broad SMARTS) is 1. The van der Waals surface area contributed by atoms with Crippen LogP contribution < -0.4 is 0 Å². The lowest BCUT2D eigenvalue weighted by atomic mass is 10.5. The van der Waals surface area contributed by atoms with Crippen LogP contribution in [0, 0.1) is 0 Å². The zero-order chi connectivity index (χ0) is 9.40. The van der Waals surface area contributed by atoms with Crippen molar-refractivity contribution in [2.45, 2.75) is 0 Å². The number of carbonyl (C=O) groups is 2. The Labute approximate surface area is 68.8 Å². The Balaban J connectivity index is 3.59. The van der Waals surface area contributed by atoms with E-state index in [0.29, 0.717) is 6.08 Å². The number of hydrogen-bond donors (Lipinski definition) is 1. The van der Waals surface area contributed by atoms with Gasteiger partial charge in [-0.25, -0.2) is 9.59 Å². The van der Waals surface area contributed by atoms with Crippen LogP contribution in [0.5, 0.6) is 0 Å². The second kappa shape index (κ2) is 6.11. The third kappa shape index (κ3) is 6.50. The van der Waals surface area contributed by atoms with Gasteiger partial charge in [-0.3, -0.25) is 4.89 Å². The third-order valence-electron chi connectivity index (χ3n) is 0.689. The fourth-order valence-electron chi connectivity index (χ4n) is 0.307. The van der Waals surface area contributed by atoms with Gasteiger partial charge in [0.15, 0.2) is 0 Å². The molecule has 0 amide bonds. The molecule has 0 radical (unpaired) electrons. The maximum absolute atomic E-state index is 10.5. The van der Waals surface area contributed by atoms with Crippen molar-refractivity contribution < 1.29 is 24.5 Å². The van der Waals surface area contributed by atoms with Gasteiger partial charge in [0.2, 0.25) is 0 Å². The summed E-state index contributed by atoms with van der Waals surface area (Å²) in [4.78, 5) is 28.7. The van der Waals surface area contributed by atoms with Crippen LogP contribution in [-0.4, -0.2) is 23.7 Å². The van der Waals surface area contributed by atoms with Crippen molar-refractivity contribution in [2.75, 3.05) is 6.61 Å². The van der Waals surface area contributed by atoms with Crippen LogP contribution in [0.3, 0.4) is 0 Å². The molecule has 0 saturated heterocycles. The smallest absolute Gasteiger partial charge is 0.366 e. The Bertz CT molecular complexity index is 206. The van der Waals surface area contributed by atoms with Crippen LogP contribution in [0.4, 0.5) is 0 Å². The van der Waals surface area contributed by atoms with Crippen molar-refractivity contribution in [3.8, 4) is 0 Å². The molecule has 66 valence electrons. The van der Waals surface area contributed by atoms with Gasteiger partial charge in [-0.1, -0.05) is 6.08 Å². The first-order valence-corrected chi connectivity index (χ1v) is 3.02. The first kappa shape index (κ1) is 10.4. The first-order chi connectivity index (χ1) is 5.66.